The van der Waals surface area contributed by atoms with Crippen molar-refractivity contribution in [2.45, 2.75) is 10.6 Å². The van der Waals surface area contributed by atoms with E-state index >= 15 is 0 Å². The fourth-order valence-corrected chi connectivity index (χ4v) is 0.996. The van der Waals surface area contributed by atoms with Crippen molar-refractivity contribution in [2.75, 3.05) is 0 Å². The molecule has 0 heterocycles. The van der Waals surface area contributed by atoms with Gasteiger partial charge in [0, 0.05) is 0 Å². The molecule has 0 N–H and O–H groups in total. The van der Waals surface area contributed by atoms with E-state index in [4.69, 9.17) is 0 Å². The summed E-state index contributed by atoms with van der Waals surface area (Å²) < 4.78 is 0. The molecule has 0 aliphatic heterocycles. The number of hydrogen-bond acceptors (Lipinski definition) is 0. The molecule has 0 amide bonds. The van der Waals surface area contributed by atoms with E-state index in [1.807, 2.05) is 12.2 Å². The van der Waals surface area contributed by atoms with Gasteiger partial charge in [-0.05, 0) is 0 Å². The third-order valence-electron chi connectivity index (χ3n) is 0.667. The molecule has 0 bridgehead atoms. The summed E-state index contributed by atoms with van der Waals surface area (Å²) in [6.45, 7) is 7.24. The molecule has 36 valence electrons. The summed E-state index contributed by atoms with van der Waals surface area (Å²) in [4.78, 5) is 0. The first kappa shape index (κ1) is 7.01. The van der Waals surface area contributed by atoms with Crippen LogP contribution in [0.25, 0.3) is 0 Å². The van der Waals surface area contributed by atoms with E-state index in [2.05, 4.69) is 13.2 Å². The van der Waals surface area contributed by atoms with Crippen molar-refractivity contribution in [3.8, 4) is 0 Å². The van der Waals surface area contributed by atoms with Crippen LogP contribution in [0.1, 0.15) is 0 Å². The van der Waals surface area contributed by atoms with E-state index in [-0.39, 0.29) is 0 Å². The number of allylic oxidation sites excluding steroid dienone is 2. The fourth-order valence-electron chi connectivity index (χ4n) is 0.332. The van der Waals surface area contributed by atoms with Gasteiger partial charge in [0.25, 0.3) is 0 Å². The zero-order valence-electron chi connectivity index (χ0n) is 4.56. The van der Waals surface area contributed by atoms with E-state index in [0.717, 1.165) is 0 Å². The average Bonchev–Trinajstić information content (AvgIpc) is 1.69. The van der Waals surface area contributed by atoms with Crippen molar-refractivity contribution in [1.82, 2.24) is 0 Å². The summed E-state index contributed by atoms with van der Waals surface area (Å²) in [5.74, 6) is 0. The molecule has 0 unspecified atom stereocenters. The Bertz CT molecular complexity index is 49.2. The van der Waals surface area contributed by atoms with Crippen LogP contribution in [-0.4, -0.2) is 15.2 Å². The Balaban J connectivity index is 2.68. The second kappa shape index (κ2) is 6.01. The molecule has 0 aromatic carbocycles. The van der Waals surface area contributed by atoms with Crippen molar-refractivity contribution in [3.63, 3.8) is 0 Å². The van der Waals surface area contributed by atoms with Crippen LogP contribution in [0.3, 0.4) is 0 Å². The molecule has 0 radical (unpaired) electrons. The van der Waals surface area contributed by atoms with E-state index in [9.17, 15) is 0 Å². The predicted octanol–water partition coefficient (Wildman–Crippen LogP) is 1.90. The van der Waals surface area contributed by atoms with Crippen molar-refractivity contribution in [2.24, 2.45) is 0 Å². The third-order valence-corrected chi connectivity index (χ3v) is 2.00. The maximum atomic E-state index is 3.62. The van der Waals surface area contributed by atoms with Crippen molar-refractivity contribution < 1.29 is 0 Å². The van der Waals surface area contributed by atoms with Gasteiger partial charge in [-0.25, -0.2) is 0 Å². The van der Waals surface area contributed by atoms with Gasteiger partial charge in [0.1, 0.15) is 0 Å². The summed E-state index contributed by atoms with van der Waals surface area (Å²) in [5, 5.41) is 2.40. The molecular weight excluding hydrogens is 99.0 g/mol. The molecule has 1 heteroatoms. The molecule has 0 aliphatic carbocycles. The molecule has 0 aliphatic rings. The summed E-state index contributed by atoms with van der Waals surface area (Å²) in [6.07, 6.45) is 3.94. The van der Waals surface area contributed by atoms with E-state index in [1.165, 1.54) is 10.6 Å². The van der Waals surface area contributed by atoms with E-state index in [0.29, 0.717) is 15.2 Å². The predicted molar refractivity (Wildman–Crippen MR) is 35.8 cm³/mol. The summed E-state index contributed by atoms with van der Waals surface area (Å²) >= 11 is 0.586. The Labute approximate surface area is 51.6 Å². The number of rotatable bonds is 4. The standard InChI is InChI=1S/2C3H5.Al/c2*1-3-2;/h2*3H,1-2H2;/q;;+1. The van der Waals surface area contributed by atoms with Gasteiger partial charge >= 0.3 is 51.1 Å². The zero-order chi connectivity index (χ0) is 5.54. The van der Waals surface area contributed by atoms with Gasteiger partial charge in [-0.2, -0.15) is 0 Å². The third kappa shape index (κ3) is 6.01. The van der Waals surface area contributed by atoms with Crippen LogP contribution in [0, 0.1) is 0 Å². The molecule has 0 fully saturated rings. The molecule has 7 heavy (non-hydrogen) atoms. The Morgan fingerprint density at radius 3 is 1.86 bits per heavy atom. The van der Waals surface area contributed by atoms with Crippen molar-refractivity contribution in [1.29, 1.82) is 0 Å². The van der Waals surface area contributed by atoms with Crippen LogP contribution in [0.5, 0.6) is 0 Å². The minimum atomic E-state index is 0.586. The van der Waals surface area contributed by atoms with E-state index < -0.39 is 0 Å². The molecule has 0 aromatic heterocycles. The molecule has 0 aromatic rings. The molecule has 0 saturated carbocycles. The SMILES string of the molecule is C=C[CH2][Al+][CH2]C=C. The Morgan fingerprint density at radius 2 is 1.57 bits per heavy atom. The average molecular weight is 109 g/mol. The first-order chi connectivity index (χ1) is 3.41. The van der Waals surface area contributed by atoms with Crippen LogP contribution < -0.4 is 0 Å². The first-order valence-electron chi connectivity index (χ1n) is 2.45. The van der Waals surface area contributed by atoms with Crippen molar-refractivity contribution in [3.05, 3.63) is 25.3 Å². The van der Waals surface area contributed by atoms with Crippen LogP contribution in [-0.2, 0) is 0 Å². The van der Waals surface area contributed by atoms with Crippen LogP contribution in [0.2, 0.25) is 10.6 Å². The molecule has 0 spiro atoms. The maximum absolute atomic E-state index is 3.62. The summed E-state index contributed by atoms with van der Waals surface area (Å²) in [5.41, 5.74) is 0. The monoisotopic (exact) mass is 109 g/mol. The topological polar surface area (TPSA) is 0 Å². The fraction of sp³-hybridized carbons (Fsp3) is 0.333. The molecule has 0 nitrogen and oxygen atoms in total. The van der Waals surface area contributed by atoms with Gasteiger partial charge in [-0.15, -0.1) is 0 Å². The normalized spacial score (nSPS) is 6.86. The van der Waals surface area contributed by atoms with Crippen LogP contribution >= 0.6 is 0 Å². The second-order valence-corrected chi connectivity index (χ2v) is 2.86. The Kier molecular flexibility index (Phi) is 6.02. The van der Waals surface area contributed by atoms with Crippen LogP contribution in [0.4, 0.5) is 0 Å². The van der Waals surface area contributed by atoms with E-state index in [1.54, 1.807) is 0 Å². The zero-order valence-corrected chi connectivity index (χ0v) is 5.72. The molecule has 0 rings (SSSR count). The van der Waals surface area contributed by atoms with Gasteiger partial charge < -0.3 is 0 Å². The minimum absolute atomic E-state index is 0.586. The van der Waals surface area contributed by atoms with Crippen molar-refractivity contribution >= 4 is 15.2 Å². The first-order valence-corrected chi connectivity index (χ1v) is 4.08. The Morgan fingerprint density at radius 1 is 1.14 bits per heavy atom. The summed E-state index contributed by atoms with van der Waals surface area (Å²) in [6, 6.07) is 0. The quantitative estimate of drug-likeness (QED) is 0.294. The van der Waals surface area contributed by atoms with Gasteiger partial charge in [-0.3, -0.25) is 0 Å². The van der Waals surface area contributed by atoms with Crippen LogP contribution in [0.15, 0.2) is 25.3 Å². The number of hydrogen-bond donors (Lipinski definition) is 0. The molecular formula is C6H10Al+. The Hall–Kier alpha value is 0.0125. The second-order valence-electron chi connectivity index (χ2n) is 1.34. The molecule has 0 atom stereocenters. The van der Waals surface area contributed by atoms with Gasteiger partial charge in [0.15, 0.2) is 0 Å². The molecule has 0 saturated heterocycles. The van der Waals surface area contributed by atoms with Gasteiger partial charge in [0.05, 0.1) is 0 Å². The summed E-state index contributed by atoms with van der Waals surface area (Å²) in [7, 11) is 0. The van der Waals surface area contributed by atoms with Gasteiger partial charge in [-0.1, -0.05) is 0 Å². The van der Waals surface area contributed by atoms with Gasteiger partial charge in [0.2, 0.25) is 0 Å².